The quantitative estimate of drug-likeness (QED) is 0.825. The van der Waals surface area contributed by atoms with E-state index in [0.717, 1.165) is 11.1 Å². The average Bonchev–Trinajstić information content (AvgIpc) is 2.53. The number of sulfonamides is 1. The van der Waals surface area contributed by atoms with Crippen LogP contribution in [0.4, 0.5) is 0 Å². The molecule has 0 heterocycles. The van der Waals surface area contributed by atoms with Crippen molar-refractivity contribution < 1.29 is 8.42 Å². The normalized spacial score (nSPS) is 12.6. The topological polar surface area (TPSA) is 46.2 Å². The first-order chi connectivity index (χ1) is 10.4. The molecular formula is C18H19NO2S. The third-order valence-electron chi connectivity index (χ3n) is 3.37. The lowest BCUT2D eigenvalue weighted by Crippen LogP contribution is -2.29. The van der Waals surface area contributed by atoms with E-state index in [1.807, 2.05) is 37.3 Å². The Hall–Kier alpha value is -2.17. The Balaban J connectivity index is 2.36. The summed E-state index contributed by atoms with van der Waals surface area (Å²) in [6.45, 7) is 9.50. The molecule has 1 unspecified atom stereocenters. The predicted octanol–water partition coefficient (Wildman–Crippen LogP) is 3.76. The molecule has 0 aliphatic heterocycles. The van der Waals surface area contributed by atoms with Gasteiger partial charge in [0.1, 0.15) is 0 Å². The van der Waals surface area contributed by atoms with Crippen LogP contribution in [0.2, 0.25) is 0 Å². The monoisotopic (exact) mass is 313 g/mol. The van der Waals surface area contributed by atoms with Gasteiger partial charge < -0.3 is 0 Å². The molecule has 4 heteroatoms. The van der Waals surface area contributed by atoms with E-state index in [0.29, 0.717) is 5.57 Å². The van der Waals surface area contributed by atoms with Crippen LogP contribution in [0.25, 0.3) is 0 Å². The number of rotatable bonds is 6. The van der Waals surface area contributed by atoms with E-state index in [-0.39, 0.29) is 4.90 Å². The van der Waals surface area contributed by atoms with Crippen molar-refractivity contribution in [3.05, 3.63) is 90.5 Å². The first-order valence-corrected chi connectivity index (χ1v) is 8.37. The van der Waals surface area contributed by atoms with Gasteiger partial charge in [-0.05, 0) is 30.2 Å². The smallest absolute Gasteiger partial charge is 0.207 e. The molecule has 0 aliphatic rings. The van der Waals surface area contributed by atoms with Crippen molar-refractivity contribution in [1.82, 2.24) is 4.72 Å². The number of benzene rings is 2. The summed E-state index contributed by atoms with van der Waals surface area (Å²) < 4.78 is 27.8. The van der Waals surface area contributed by atoms with Gasteiger partial charge in [-0.15, -0.1) is 0 Å². The molecule has 0 saturated carbocycles. The molecule has 22 heavy (non-hydrogen) atoms. The minimum Gasteiger partial charge on any atom is -0.207 e. The molecule has 0 aliphatic carbocycles. The molecule has 1 N–H and O–H groups in total. The molecule has 114 valence electrons. The minimum absolute atomic E-state index is 0.232. The summed E-state index contributed by atoms with van der Waals surface area (Å²) in [6.07, 6.45) is 1.56. The van der Waals surface area contributed by atoms with Crippen LogP contribution in [0.5, 0.6) is 0 Å². The standard InChI is InChI=1S/C18H19NO2S/c1-4-15(3)18(16-8-6-5-7-9-16)19-22(20,21)17-12-10-14(2)11-13-17/h4-13,18-19H,1,3H2,2H3. The van der Waals surface area contributed by atoms with E-state index < -0.39 is 16.1 Å². The van der Waals surface area contributed by atoms with Gasteiger partial charge in [0, 0.05) is 0 Å². The van der Waals surface area contributed by atoms with E-state index in [1.165, 1.54) is 0 Å². The number of aryl methyl sites for hydroxylation is 1. The average molecular weight is 313 g/mol. The predicted molar refractivity (Wildman–Crippen MR) is 90.0 cm³/mol. The maximum absolute atomic E-state index is 12.6. The molecule has 0 bridgehead atoms. The molecule has 0 fully saturated rings. The van der Waals surface area contributed by atoms with E-state index in [2.05, 4.69) is 17.9 Å². The van der Waals surface area contributed by atoms with Gasteiger partial charge in [-0.2, -0.15) is 4.72 Å². The molecular weight excluding hydrogens is 294 g/mol. The largest absolute Gasteiger partial charge is 0.241 e. The number of hydrogen-bond acceptors (Lipinski definition) is 2. The van der Waals surface area contributed by atoms with Crippen molar-refractivity contribution in [2.24, 2.45) is 0 Å². The van der Waals surface area contributed by atoms with Crippen molar-refractivity contribution in [3.63, 3.8) is 0 Å². The summed E-state index contributed by atoms with van der Waals surface area (Å²) in [5.74, 6) is 0. The Morgan fingerprint density at radius 3 is 2.23 bits per heavy atom. The van der Waals surface area contributed by atoms with Crippen LogP contribution in [0.15, 0.2) is 84.3 Å². The highest BCUT2D eigenvalue weighted by Gasteiger charge is 2.22. The van der Waals surface area contributed by atoms with Gasteiger partial charge in [0.05, 0.1) is 10.9 Å². The van der Waals surface area contributed by atoms with Crippen LogP contribution in [0.1, 0.15) is 17.2 Å². The Kier molecular flexibility index (Phi) is 4.96. The second kappa shape index (κ2) is 6.73. The maximum atomic E-state index is 12.6. The van der Waals surface area contributed by atoms with Crippen molar-refractivity contribution in [1.29, 1.82) is 0 Å². The second-order valence-corrected chi connectivity index (χ2v) is 6.77. The summed E-state index contributed by atoms with van der Waals surface area (Å²) in [6, 6.07) is 15.5. The molecule has 3 nitrogen and oxygen atoms in total. The van der Waals surface area contributed by atoms with Crippen molar-refractivity contribution in [2.45, 2.75) is 17.9 Å². The van der Waals surface area contributed by atoms with Gasteiger partial charge in [-0.25, -0.2) is 8.42 Å². The van der Waals surface area contributed by atoms with Crippen LogP contribution in [-0.4, -0.2) is 8.42 Å². The third kappa shape index (κ3) is 3.72. The zero-order chi connectivity index (χ0) is 16.2. The van der Waals surface area contributed by atoms with Crippen LogP contribution in [-0.2, 0) is 10.0 Å². The lowest BCUT2D eigenvalue weighted by atomic mass is 10.0. The van der Waals surface area contributed by atoms with Crippen molar-refractivity contribution >= 4 is 10.0 Å². The van der Waals surface area contributed by atoms with Gasteiger partial charge in [-0.1, -0.05) is 67.3 Å². The third-order valence-corrected chi connectivity index (χ3v) is 4.81. The lowest BCUT2D eigenvalue weighted by Gasteiger charge is -2.20. The van der Waals surface area contributed by atoms with Gasteiger partial charge >= 0.3 is 0 Å². The molecule has 0 aromatic heterocycles. The summed E-state index contributed by atoms with van der Waals surface area (Å²) >= 11 is 0. The Labute approximate surface area is 132 Å². The fourth-order valence-electron chi connectivity index (χ4n) is 2.06. The highest BCUT2D eigenvalue weighted by molar-refractivity contribution is 7.89. The molecule has 0 saturated heterocycles. The molecule has 2 aromatic carbocycles. The van der Waals surface area contributed by atoms with Crippen molar-refractivity contribution in [3.8, 4) is 0 Å². The maximum Gasteiger partial charge on any atom is 0.241 e. The van der Waals surface area contributed by atoms with Gasteiger partial charge in [0.15, 0.2) is 0 Å². The summed E-state index contributed by atoms with van der Waals surface area (Å²) in [7, 11) is -3.64. The molecule has 0 amide bonds. The van der Waals surface area contributed by atoms with E-state index in [9.17, 15) is 8.42 Å². The van der Waals surface area contributed by atoms with Gasteiger partial charge in [-0.3, -0.25) is 0 Å². The molecule has 1 atom stereocenters. The first kappa shape index (κ1) is 16.2. The van der Waals surface area contributed by atoms with Gasteiger partial charge in [0.2, 0.25) is 10.0 Å². The summed E-state index contributed by atoms with van der Waals surface area (Å²) in [4.78, 5) is 0.232. The summed E-state index contributed by atoms with van der Waals surface area (Å²) in [5, 5.41) is 0. The Bertz CT molecular complexity index is 762. The van der Waals surface area contributed by atoms with Crippen LogP contribution in [0.3, 0.4) is 0 Å². The lowest BCUT2D eigenvalue weighted by molar-refractivity contribution is 0.572. The molecule has 0 radical (unpaired) electrons. The number of hydrogen-bond donors (Lipinski definition) is 1. The fourth-order valence-corrected chi connectivity index (χ4v) is 3.29. The van der Waals surface area contributed by atoms with Gasteiger partial charge in [0.25, 0.3) is 0 Å². The molecule has 2 rings (SSSR count). The van der Waals surface area contributed by atoms with Crippen LogP contribution < -0.4 is 4.72 Å². The van der Waals surface area contributed by atoms with E-state index in [1.54, 1.807) is 30.3 Å². The SMILES string of the molecule is C=CC(=C)C(NS(=O)(=O)c1ccc(C)cc1)c1ccccc1. The first-order valence-electron chi connectivity index (χ1n) is 6.89. The zero-order valence-corrected chi connectivity index (χ0v) is 13.3. The highest BCUT2D eigenvalue weighted by Crippen LogP contribution is 2.24. The van der Waals surface area contributed by atoms with Crippen LogP contribution >= 0.6 is 0 Å². The van der Waals surface area contributed by atoms with E-state index in [4.69, 9.17) is 0 Å². The summed E-state index contributed by atoms with van der Waals surface area (Å²) in [5.41, 5.74) is 2.43. The fraction of sp³-hybridized carbons (Fsp3) is 0.111. The van der Waals surface area contributed by atoms with Crippen LogP contribution in [0, 0.1) is 6.92 Å². The second-order valence-electron chi connectivity index (χ2n) is 5.06. The molecule has 2 aromatic rings. The number of nitrogens with one attached hydrogen (secondary N) is 1. The van der Waals surface area contributed by atoms with Crippen molar-refractivity contribution in [2.75, 3.05) is 0 Å². The Morgan fingerprint density at radius 2 is 1.68 bits per heavy atom. The molecule has 0 spiro atoms. The zero-order valence-electron chi connectivity index (χ0n) is 12.5. The Morgan fingerprint density at radius 1 is 1.09 bits per heavy atom. The highest BCUT2D eigenvalue weighted by atomic mass is 32.2. The minimum atomic E-state index is -3.64. The van der Waals surface area contributed by atoms with E-state index >= 15 is 0 Å².